The Morgan fingerprint density at radius 3 is 2.77 bits per heavy atom. The van der Waals surface area contributed by atoms with E-state index in [-0.39, 0.29) is 5.91 Å². The Morgan fingerprint density at radius 2 is 2.15 bits per heavy atom. The highest BCUT2D eigenvalue weighted by molar-refractivity contribution is 6.17. The SMILES string of the molecule is O=C(CCCCCl)NCCC1CC1. The fourth-order valence-electron chi connectivity index (χ4n) is 1.29. The molecule has 0 saturated heterocycles. The van der Waals surface area contributed by atoms with Crippen molar-refractivity contribution in [2.24, 2.45) is 5.92 Å². The third kappa shape index (κ3) is 5.92. The molecule has 1 amide bonds. The van der Waals surface area contributed by atoms with E-state index in [1.165, 1.54) is 19.3 Å². The first-order valence-corrected chi connectivity index (χ1v) is 5.69. The van der Waals surface area contributed by atoms with Gasteiger partial charge in [-0.05, 0) is 25.2 Å². The lowest BCUT2D eigenvalue weighted by molar-refractivity contribution is -0.121. The Hall–Kier alpha value is -0.240. The molecule has 0 heterocycles. The molecule has 0 aliphatic heterocycles. The largest absolute Gasteiger partial charge is 0.356 e. The highest BCUT2D eigenvalue weighted by Crippen LogP contribution is 2.31. The van der Waals surface area contributed by atoms with Crippen molar-refractivity contribution in [1.29, 1.82) is 0 Å². The molecule has 0 spiro atoms. The molecule has 13 heavy (non-hydrogen) atoms. The lowest BCUT2D eigenvalue weighted by Gasteiger charge is -2.03. The van der Waals surface area contributed by atoms with Gasteiger partial charge in [0.05, 0.1) is 0 Å². The summed E-state index contributed by atoms with van der Waals surface area (Å²) in [7, 11) is 0. The first kappa shape index (κ1) is 10.8. The zero-order chi connectivity index (χ0) is 9.52. The first-order valence-electron chi connectivity index (χ1n) is 5.15. The van der Waals surface area contributed by atoms with Gasteiger partial charge in [0.1, 0.15) is 0 Å². The van der Waals surface area contributed by atoms with Crippen LogP contribution in [-0.2, 0) is 4.79 Å². The molecule has 2 nitrogen and oxygen atoms in total. The van der Waals surface area contributed by atoms with Crippen LogP contribution in [0.4, 0.5) is 0 Å². The minimum absolute atomic E-state index is 0.186. The van der Waals surface area contributed by atoms with Crippen molar-refractivity contribution in [1.82, 2.24) is 5.32 Å². The van der Waals surface area contributed by atoms with Crippen molar-refractivity contribution < 1.29 is 4.79 Å². The first-order chi connectivity index (χ1) is 6.33. The van der Waals surface area contributed by atoms with Gasteiger partial charge in [-0.1, -0.05) is 12.8 Å². The number of hydrogen-bond donors (Lipinski definition) is 1. The van der Waals surface area contributed by atoms with E-state index < -0.39 is 0 Å². The molecule has 0 aromatic heterocycles. The predicted octanol–water partition coefficient (Wildman–Crippen LogP) is 2.31. The van der Waals surface area contributed by atoms with Crippen molar-refractivity contribution >= 4 is 17.5 Å². The molecular weight excluding hydrogens is 186 g/mol. The van der Waals surface area contributed by atoms with E-state index >= 15 is 0 Å². The summed E-state index contributed by atoms with van der Waals surface area (Å²) in [6.45, 7) is 0.865. The summed E-state index contributed by atoms with van der Waals surface area (Å²) in [5, 5.41) is 2.93. The maximum atomic E-state index is 11.2. The van der Waals surface area contributed by atoms with Crippen molar-refractivity contribution in [3.05, 3.63) is 0 Å². The van der Waals surface area contributed by atoms with Crippen molar-refractivity contribution in [2.75, 3.05) is 12.4 Å². The number of alkyl halides is 1. The summed E-state index contributed by atoms with van der Waals surface area (Å²) >= 11 is 5.51. The smallest absolute Gasteiger partial charge is 0.219 e. The van der Waals surface area contributed by atoms with Gasteiger partial charge in [0, 0.05) is 18.8 Å². The molecule has 1 fully saturated rings. The van der Waals surface area contributed by atoms with Crippen molar-refractivity contribution in [3.63, 3.8) is 0 Å². The fourth-order valence-corrected chi connectivity index (χ4v) is 1.48. The number of nitrogens with one attached hydrogen (secondary N) is 1. The van der Waals surface area contributed by atoms with Gasteiger partial charge >= 0.3 is 0 Å². The lowest BCUT2D eigenvalue weighted by atomic mass is 10.2. The molecule has 0 aromatic carbocycles. The average molecular weight is 204 g/mol. The van der Waals surface area contributed by atoms with E-state index in [4.69, 9.17) is 11.6 Å². The molecule has 1 N–H and O–H groups in total. The van der Waals surface area contributed by atoms with Crippen LogP contribution < -0.4 is 5.32 Å². The van der Waals surface area contributed by atoms with Crippen molar-refractivity contribution in [2.45, 2.75) is 38.5 Å². The number of carbonyl (C=O) groups is 1. The predicted molar refractivity (Wildman–Crippen MR) is 54.9 cm³/mol. The van der Waals surface area contributed by atoms with Crippen LogP contribution in [0.2, 0.25) is 0 Å². The van der Waals surface area contributed by atoms with E-state index in [1.54, 1.807) is 0 Å². The number of unbranched alkanes of at least 4 members (excludes halogenated alkanes) is 1. The molecular formula is C10H18ClNO. The van der Waals surface area contributed by atoms with Crippen LogP contribution in [0.1, 0.15) is 38.5 Å². The van der Waals surface area contributed by atoms with Crippen LogP contribution >= 0.6 is 11.6 Å². The number of carbonyl (C=O) groups excluding carboxylic acids is 1. The lowest BCUT2D eigenvalue weighted by Crippen LogP contribution is -2.24. The molecule has 0 unspecified atom stereocenters. The van der Waals surface area contributed by atoms with Gasteiger partial charge < -0.3 is 5.32 Å². The second-order valence-electron chi connectivity index (χ2n) is 3.73. The number of halogens is 1. The van der Waals surface area contributed by atoms with E-state index in [0.29, 0.717) is 12.3 Å². The van der Waals surface area contributed by atoms with Crippen LogP contribution in [0.3, 0.4) is 0 Å². The monoisotopic (exact) mass is 203 g/mol. The summed E-state index contributed by atoms with van der Waals surface area (Å²) < 4.78 is 0. The topological polar surface area (TPSA) is 29.1 Å². The van der Waals surface area contributed by atoms with Gasteiger partial charge in [-0.25, -0.2) is 0 Å². The molecule has 1 rings (SSSR count). The van der Waals surface area contributed by atoms with Crippen LogP contribution in [0.5, 0.6) is 0 Å². The second-order valence-corrected chi connectivity index (χ2v) is 4.11. The average Bonchev–Trinajstić information content (AvgIpc) is 2.89. The number of amides is 1. The molecule has 0 bridgehead atoms. The Morgan fingerprint density at radius 1 is 1.38 bits per heavy atom. The molecule has 76 valence electrons. The Kier molecular flexibility index (Phi) is 5.21. The summed E-state index contributed by atoms with van der Waals surface area (Å²) in [6.07, 6.45) is 6.39. The molecule has 1 aliphatic rings. The summed E-state index contributed by atoms with van der Waals surface area (Å²) in [4.78, 5) is 11.2. The normalized spacial score (nSPS) is 15.8. The van der Waals surface area contributed by atoms with Crippen LogP contribution in [0.15, 0.2) is 0 Å². The van der Waals surface area contributed by atoms with Crippen LogP contribution in [0, 0.1) is 5.92 Å². The minimum Gasteiger partial charge on any atom is -0.356 e. The van der Waals surface area contributed by atoms with E-state index in [1.807, 2.05) is 0 Å². The Labute approximate surface area is 85.0 Å². The van der Waals surface area contributed by atoms with Crippen LogP contribution in [-0.4, -0.2) is 18.3 Å². The summed E-state index contributed by atoms with van der Waals surface area (Å²) in [5.74, 6) is 1.75. The fraction of sp³-hybridized carbons (Fsp3) is 0.900. The van der Waals surface area contributed by atoms with Gasteiger partial charge in [0.25, 0.3) is 0 Å². The van der Waals surface area contributed by atoms with Gasteiger partial charge in [-0.2, -0.15) is 0 Å². The molecule has 3 heteroatoms. The zero-order valence-electron chi connectivity index (χ0n) is 8.02. The number of hydrogen-bond acceptors (Lipinski definition) is 1. The Balaban J connectivity index is 1.84. The quantitative estimate of drug-likeness (QED) is 0.500. The van der Waals surface area contributed by atoms with E-state index in [0.717, 1.165) is 25.3 Å². The second kappa shape index (κ2) is 6.25. The Bertz CT molecular complexity index is 157. The number of rotatable bonds is 7. The zero-order valence-corrected chi connectivity index (χ0v) is 8.78. The third-order valence-corrected chi connectivity index (χ3v) is 2.63. The van der Waals surface area contributed by atoms with Crippen molar-refractivity contribution in [3.8, 4) is 0 Å². The van der Waals surface area contributed by atoms with E-state index in [2.05, 4.69) is 5.32 Å². The molecule has 1 saturated carbocycles. The molecule has 1 aliphatic carbocycles. The highest BCUT2D eigenvalue weighted by atomic mass is 35.5. The van der Waals surface area contributed by atoms with E-state index in [9.17, 15) is 4.79 Å². The highest BCUT2D eigenvalue weighted by Gasteiger charge is 2.20. The summed E-state index contributed by atoms with van der Waals surface area (Å²) in [6, 6.07) is 0. The maximum Gasteiger partial charge on any atom is 0.219 e. The minimum atomic E-state index is 0.186. The van der Waals surface area contributed by atoms with Gasteiger partial charge in [-0.3, -0.25) is 4.79 Å². The molecule has 0 atom stereocenters. The van der Waals surface area contributed by atoms with Gasteiger partial charge in [0.2, 0.25) is 5.91 Å². The summed E-state index contributed by atoms with van der Waals surface area (Å²) in [5.41, 5.74) is 0. The standard InChI is InChI=1S/C10H18ClNO/c11-7-2-1-3-10(13)12-8-6-9-4-5-9/h9H,1-8H2,(H,12,13). The molecule has 0 aromatic rings. The third-order valence-electron chi connectivity index (χ3n) is 2.36. The maximum absolute atomic E-state index is 11.2. The van der Waals surface area contributed by atoms with Crippen LogP contribution in [0.25, 0.3) is 0 Å². The molecule has 0 radical (unpaired) electrons. The van der Waals surface area contributed by atoms with Gasteiger partial charge in [0.15, 0.2) is 0 Å². The van der Waals surface area contributed by atoms with Gasteiger partial charge in [-0.15, -0.1) is 11.6 Å².